The highest BCUT2D eigenvalue weighted by Crippen LogP contribution is 2.29. The molecule has 9 heteroatoms. The molecule has 0 aromatic heterocycles. The lowest BCUT2D eigenvalue weighted by atomic mass is 9.80. The molecule has 0 radical (unpaired) electrons. The number of carbonyl (C=O) groups is 4. The van der Waals surface area contributed by atoms with Gasteiger partial charge in [0.1, 0.15) is 5.54 Å². The number of piperazine rings is 1. The van der Waals surface area contributed by atoms with Crippen molar-refractivity contribution in [3.05, 3.63) is 0 Å². The van der Waals surface area contributed by atoms with Gasteiger partial charge in [-0.15, -0.1) is 0 Å². The third-order valence-electron chi connectivity index (χ3n) is 7.14. The standard InChI is InChI=1S/C24H41N5O4/c1-17(2)16-19(20(30)21(31)26-18-8-4-5-9-18)27-22(32)24(10-6-3-7-11-24)28-23(33)29-14-12-25-13-15-29/h17-19,25H,3-16H2,1-2H3,(H,26,31)(H,27,32)(H,28,33)/t19-/m0/s1. The first kappa shape index (κ1) is 25.5. The molecule has 9 nitrogen and oxygen atoms in total. The third-order valence-corrected chi connectivity index (χ3v) is 7.14. The lowest BCUT2D eigenvalue weighted by molar-refractivity contribution is -0.141. The molecule has 0 unspecified atom stereocenters. The molecule has 0 aromatic rings. The fourth-order valence-corrected chi connectivity index (χ4v) is 5.20. The summed E-state index contributed by atoms with van der Waals surface area (Å²) in [5.74, 6) is -1.44. The van der Waals surface area contributed by atoms with Gasteiger partial charge in [-0.05, 0) is 38.0 Å². The van der Waals surface area contributed by atoms with E-state index in [4.69, 9.17) is 0 Å². The van der Waals surface area contributed by atoms with Crippen molar-refractivity contribution in [3.8, 4) is 0 Å². The maximum Gasteiger partial charge on any atom is 0.318 e. The average Bonchev–Trinajstić information content (AvgIpc) is 3.32. The molecule has 1 heterocycles. The second-order valence-electron chi connectivity index (χ2n) is 10.3. The van der Waals surface area contributed by atoms with Gasteiger partial charge in [0.2, 0.25) is 11.7 Å². The first-order chi connectivity index (χ1) is 15.8. The first-order valence-corrected chi connectivity index (χ1v) is 12.7. The Morgan fingerprint density at radius 1 is 0.970 bits per heavy atom. The normalized spacial score (nSPS) is 22.0. The summed E-state index contributed by atoms with van der Waals surface area (Å²) in [7, 11) is 0. The number of hydrogen-bond acceptors (Lipinski definition) is 5. The van der Waals surface area contributed by atoms with Crippen molar-refractivity contribution >= 4 is 23.6 Å². The minimum absolute atomic E-state index is 0.0415. The predicted octanol–water partition coefficient (Wildman–Crippen LogP) is 1.46. The Morgan fingerprint density at radius 2 is 1.61 bits per heavy atom. The van der Waals surface area contributed by atoms with Crippen LogP contribution in [0, 0.1) is 5.92 Å². The Kier molecular flexibility index (Phi) is 9.11. The van der Waals surface area contributed by atoms with Gasteiger partial charge in [0, 0.05) is 32.2 Å². The molecular weight excluding hydrogens is 422 g/mol. The molecule has 4 amide bonds. The number of carbonyl (C=O) groups excluding carboxylic acids is 4. The van der Waals surface area contributed by atoms with E-state index in [1.54, 1.807) is 4.90 Å². The summed E-state index contributed by atoms with van der Waals surface area (Å²) in [5, 5.41) is 12.0. The lowest BCUT2D eigenvalue weighted by Crippen LogP contribution is -2.65. The van der Waals surface area contributed by atoms with Crippen LogP contribution in [0.3, 0.4) is 0 Å². The van der Waals surface area contributed by atoms with Crippen molar-refractivity contribution in [1.82, 2.24) is 26.2 Å². The van der Waals surface area contributed by atoms with E-state index in [1.807, 2.05) is 13.8 Å². The monoisotopic (exact) mass is 463 g/mol. The fourth-order valence-electron chi connectivity index (χ4n) is 5.20. The maximum atomic E-state index is 13.6. The Labute approximate surface area is 197 Å². The Balaban J connectivity index is 1.70. The van der Waals surface area contributed by atoms with E-state index in [9.17, 15) is 19.2 Å². The second kappa shape index (κ2) is 11.8. The van der Waals surface area contributed by atoms with E-state index in [0.29, 0.717) is 32.4 Å². The number of amides is 4. The van der Waals surface area contributed by atoms with Crippen LogP contribution in [-0.2, 0) is 14.4 Å². The van der Waals surface area contributed by atoms with Crippen LogP contribution < -0.4 is 21.3 Å². The molecule has 0 aromatic carbocycles. The highest BCUT2D eigenvalue weighted by atomic mass is 16.2. The maximum absolute atomic E-state index is 13.6. The minimum Gasteiger partial charge on any atom is -0.347 e. The molecule has 1 saturated heterocycles. The van der Waals surface area contributed by atoms with Crippen molar-refractivity contribution in [1.29, 1.82) is 0 Å². The summed E-state index contributed by atoms with van der Waals surface area (Å²) in [5.41, 5.74) is -1.04. The van der Waals surface area contributed by atoms with Gasteiger partial charge >= 0.3 is 6.03 Å². The Hall–Kier alpha value is -2.16. The summed E-state index contributed by atoms with van der Waals surface area (Å²) in [6.07, 6.45) is 8.02. The summed E-state index contributed by atoms with van der Waals surface area (Å²) in [6, 6.07) is -1.09. The third kappa shape index (κ3) is 6.91. The zero-order valence-corrected chi connectivity index (χ0v) is 20.2. The van der Waals surface area contributed by atoms with E-state index >= 15 is 0 Å². The van der Waals surface area contributed by atoms with Crippen LogP contribution in [0.4, 0.5) is 4.79 Å². The molecular formula is C24H41N5O4. The molecule has 1 atom stereocenters. The molecule has 186 valence electrons. The molecule has 0 bridgehead atoms. The number of nitrogens with zero attached hydrogens (tertiary/aromatic N) is 1. The molecule has 3 rings (SSSR count). The molecule has 2 saturated carbocycles. The van der Waals surface area contributed by atoms with Crippen molar-refractivity contribution in [2.75, 3.05) is 26.2 Å². The number of hydrogen-bond donors (Lipinski definition) is 4. The van der Waals surface area contributed by atoms with E-state index in [-0.39, 0.29) is 23.9 Å². The molecule has 3 aliphatic rings. The van der Waals surface area contributed by atoms with Crippen LogP contribution in [0.5, 0.6) is 0 Å². The van der Waals surface area contributed by atoms with Crippen LogP contribution in [0.25, 0.3) is 0 Å². The van der Waals surface area contributed by atoms with E-state index in [1.165, 1.54) is 0 Å². The van der Waals surface area contributed by atoms with Crippen molar-refractivity contribution < 1.29 is 19.2 Å². The van der Waals surface area contributed by atoms with Crippen molar-refractivity contribution in [3.63, 3.8) is 0 Å². The van der Waals surface area contributed by atoms with Gasteiger partial charge < -0.3 is 26.2 Å². The van der Waals surface area contributed by atoms with Crippen LogP contribution in [0.2, 0.25) is 0 Å². The topological polar surface area (TPSA) is 120 Å². The number of nitrogens with one attached hydrogen (secondary N) is 4. The van der Waals surface area contributed by atoms with Crippen LogP contribution in [-0.4, -0.2) is 72.3 Å². The quantitative estimate of drug-likeness (QED) is 0.406. The molecule has 3 fully saturated rings. The number of urea groups is 1. The Bertz CT molecular complexity index is 708. The van der Waals surface area contributed by atoms with Gasteiger partial charge in [0.05, 0.1) is 6.04 Å². The van der Waals surface area contributed by atoms with Crippen LogP contribution in [0.1, 0.15) is 78.1 Å². The van der Waals surface area contributed by atoms with Gasteiger partial charge in [-0.25, -0.2) is 4.79 Å². The van der Waals surface area contributed by atoms with E-state index < -0.39 is 23.3 Å². The summed E-state index contributed by atoms with van der Waals surface area (Å²) in [6.45, 7) is 6.58. The lowest BCUT2D eigenvalue weighted by Gasteiger charge is -2.39. The molecule has 1 aliphatic heterocycles. The second-order valence-corrected chi connectivity index (χ2v) is 10.3. The summed E-state index contributed by atoms with van der Waals surface area (Å²) < 4.78 is 0. The summed E-state index contributed by atoms with van der Waals surface area (Å²) >= 11 is 0. The van der Waals surface area contributed by atoms with Gasteiger partial charge in [0.25, 0.3) is 5.91 Å². The predicted molar refractivity (Wildman–Crippen MR) is 126 cm³/mol. The van der Waals surface area contributed by atoms with Gasteiger partial charge in [0.15, 0.2) is 0 Å². The molecule has 4 N–H and O–H groups in total. The fraction of sp³-hybridized carbons (Fsp3) is 0.833. The van der Waals surface area contributed by atoms with E-state index in [0.717, 1.165) is 58.0 Å². The van der Waals surface area contributed by atoms with Crippen molar-refractivity contribution in [2.45, 2.75) is 95.7 Å². The van der Waals surface area contributed by atoms with Crippen molar-refractivity contribution in [2.24, 2.45) is 5.92 Å². The van der Waals surface area contributed by atoms with Crippen LogP contribution in [0.15, 0.2) is 0 Å². The van der Waals surface area contributed by atoms with E-state index in [2.05, 4.69) is 21.3 Å². The zero-order valence-electron chi connectivity index (χ0n) is 20.2. The SMILES string of the molecule is CC(C)C[C@H](NC(=O)C1(NC(=O)N2CCNCC2)CCCCC1)C(=O)C(=O)NC1CCCC1. The van der Waals surface area contributed by atoms with Crippen LogP contribution >= 0.6 is 0 Å². The number of ketones is 1. The Morgan fingerprint density at radius 3 is 2.21 bits per heavy atom. The minimum atomic E-state index is -1.04. The first-order valence-electron chi connectivity index (χ1n) is 12.7. The highest BCUT2D eigenvalue weighted by Gasteiger charge is 2.43. The summed E-state index contributed by atoms with van der Waals surface area (Å²) in [4.78, 5) is 53.9. The number of Topliss-reactive ketones (excluding diaryl/α,β-unsaturated/α-hetero) is 1. The molecule has 2 aliphatic carbocycles. The zero-order chi connectivity index (χ0) is 23.8. The molecule has 0 spiro atoms. The largest absolute Gasteiger partial charge is 0.347 e. The van der Waals surface area contributed by atoms with Gasteiger partial charge in [-0.2, -0.15) is 0 Å². The smallest absolute Gasteiger partial charge is 0.318 e. The number of rotatable bonds is 8. The average molecular weight is 464 g/mol. The highest BCUT2D eigenvalue weighted by molar-refractivity contribution is 6.38. The molecule has 33 heavy (non-hydrogen) atoms. The van der Waals surface area contributed by atoms with Gasteiger partial charge in [-0.3, -0.25) is 14.4 Å². The van der Waals surface area contributed by atoms with Gasteiger partial charge in [-0.1, -0.05) is 46.0 Å².